The van der Waals surface area contributed by atoms with Gasteiger partial charge in [0, 0.05) is 5.56 Å². The molecule has 25 heavy (non-hydrogen) atoms. The maximum absolute atomic E-state index is 10.3. The first-order valence-corrected chi connectivity index (χ1v) is 9.89. The van der Waals surface area contributed by atoms with Gasteiger partial charge in [-0.05, 0) is 91.8 Å². The van der Waals surface area contributed by atoms with Gasteiger partial charge in [-0.3, -0.25) is 0 Å². The van der Waals surface area contributed by atoms with Crippen LogP contribution in [0.4, 0.5) is 0 Å². The van der Waals surface area contributed by atoms with Gasteiger partial charge < -0.3 is 10.4 Å². The first-order valence-electron chi connectivity index (χ1n) is 9.89. The quantitative estimate of drug-likeness (QED) is 0.849. The summed E-state index contributed by atoms with van der Waals surface area (Å²) in [5.74, 6) is 1.68. The molecule has 1 fully saturated rings. The summed E-state index contributed by atoms with van der Waals surface area (Å²) in [6.45, 7) is 4.57. The zero-order valence-corrected chi connectivity index (χ0v) is 15.2. The fraction of sp³-hybridized carbons (Fsp3) is 0.478. The smallest absolute Gasteiger partial charge is 0.119 e. The number of benzene rings is 2. The number of hydrogen-bond acceptors (Lipinski definition) is 2. The maximum Gasteiger partial charge on any atom is 0.119 e. The summed E-state index contributed by atoms with van der Waals surface area (Å²) < 4.78 is 0. The highest BCUT2D eigenvalue weighted by molar-refractivity contribution is 5.46. The van der Waals surface area contributed by atoms with E-state index in [9.17, 15) is 5.11 Å². The molecule has 0 unspecified atom stereocenters. The summed E-state index contributed by atoms with van der Waals surface area (Å²) >= 11 is 0. The second-order valence-corrected chi connectivity index (χ2v) is 7.70. The van der Waals surface area contributed by atoms with Crippen LogP contribution < -0.4 is 5.32 Å². The number of hydrogen-bond donors (Lipinski definition) is 2. The van der Waals surface area contributed by atoms with Crippen molar-refractivity contribution in [2.45, 2.75) is 57.3 Å². The number of rotatable bonds is 4. The number of aryl methyl sites for hydroxylation is 2. The van der Waals surface area contributed by atoms with Crippen LogP contribution in [0.2, 0.25) is 0 Å². The van der Waals surface area contributed by atoms with E-state index in [2.05, 4.69) is 36.5 Å². The second kappa shape index (κ2) is 7.21. The van der Waals surface area contributed by atoms with Crippen LogP contribution in [0.1, 0.15) is 65.8 Å². The van der Waals surface area contributed by atoms with Gasteiger partial charge >= 0.3 is 0 Å². The predicted molar refractivity (Wildman–Crippen MR) is 104 cm³/mol. The minimum atomic E-state index is 0.464. The Balaban J connectivity index is 1.56. The third kappa shape index (κ3) is 3.32. The average Bonchev–Trinajstić information content (AvgIpc) is 3.06. The number of phenols is 1. The molecule has 0 aromatic heterocycles. The monoisotopic (exact) mass is 335 g/mol. The van der Waals surface area contributed by atoms with Crippen molar-refractivity contribution in [3.8, 4) is 5.75 Å². The fourth-order valence-corrected chi connectivity index (χ4v) is 4.87. The van der Waals surface area contributed by atoms with Gasteiger partial charge in [0.05, 0.1) is 0 Å². The molecule has 2 aromatic rings. The van der Waals surface area contributed by atoms with Crippen molar-refractivity contribution in [2.75, 3.05) is 13.1 Å². The predicted octanol–water partition coefficient (Wildman–Crippen LogP) is 4.69. The standard InChI is InChI=1S/C23H29NO/c1-2-17-14-16(6-9-21(17)18-10-12-24-13-11-18)15-20-8-7-19-4-3-5-22(25)23(19)20/h3-6,9,14,18,20,24-25H,2,7-8,10-13,15H2,1H3/t20-/m0/s1. The molecule has 0 saturated carbocycles. The fourth-order valence-electron chi connectivity index (χ4n) is 4.87. The minimum absolute atomic E-state index is 0.464. The second-order valence-electron chi connectivity index (χ2n) is 7.70. The van der Waals surface area contributed by atoms with Crippen LogP contribution >= 0.6 is 0 Å². The summed E-state index contributed by atoms with van der Waals surface area (Å²) in [4.78, 5) is 0. The van der Waals surface area contributed by atoms with Crippen molar-refractivity contribution in [1.82, 2.24) is 5.32 Å². The van der Waals surface area contributed by atoms with Crippen LogP contribution in [0.15, 0.2) is 36.4 Å². The van der Waals surface area contributed by atoms with Gasteiger partial charge in [0.15, 0.2) is 0 Å². The third-order valence-corrected chi connectivity index (χ3v) is 6.19. The Morgan fingerprint density at radius 2 is 1.92 bits per heavy atom. The van der Waals surface area contributed by atoms with Gasteiger partial charge in [-0.15, -0.1) is 0 Å². The normalized spacial score (nSPS) is 20.6. The van der Waals surface area contributed by atoms with E-state index in [4.69, 9.17) is 0 Å². The van der Waals surface area contributed by atoms with Crippen molar-refractivity contribution >= 4 is 0 Å². The summed E-state index contributed by atoms with van der Waals surface area (Å²) in [6, 6.07) is 13.2. The summed E-state index contributed by atoms with van der Waals surface area (Å²) in [5.41, 5.74) is 7.06. The van der Waals surface area contributed by atoms with E-state index < -0.39 is 0 Å². The molecule has 132 valence electrons. The lowest BCUT2D eigenvalue weighted by Gasteiger charge is -2.25. The number of phenolic OH excluding ortho intramolecular Hbond substituents is 1. The van der Waals surface area contributed by atoms with E-state index in [1.165, 1.54) is 35.1 Å². The number of piperidine rings is 1. The molecular weight excluding hydrogens is 306 g/mol. The highest BCUT2D eigenvalue weighted by Gasteiger charge is 2.26. The van der Waals surface area contributed by atoms with Crippen molar-refractivity contribution < 1.29 is 5.11 Å². The molecule has 1 aliphatic carbocycles. The zero-order valence-electron chi connectivity index (χ0n) is 15.2. The molecule has 4 rings (SSSR count). The summed E-state index contributed by atoms with van der Waals surface area (Å²) in [6.07, 6.45) is 6.93. The van der Waals surface area contributed by atoms with Crippen LogP contribution in [-0.2, 0) is 19.3 Å². The van der Waals surface area contributed by atoms with E-state index >= 15 is 0 Å². The van der Waals surface area contributed by atoms with Crippen LogP contribution in [0.5, 0.6) is 5.75 Å². The first-order chi connectivity index (χ1) is 12.3. The van der Waals surface area contributed by atoms with Crippen molar-refractivity contribution in [3.63, 3.8) is 0 Å². The molecule has 1 saturated heterocycles. The Hall–Kier alpha value is -1.80. The summed E-state index contributed by atoms with van der Waals surface area (Å²) in [5, 5.41) is 13.8. The average molecular weight is 335 g/mol. The Kier molecular flexibility index (Phi) is 4.80. The third-order valence-electron chi connectivity index (χ3n) is 6.19. The van der Waals surface area contributed by atoms with Crippen LogP contribution in [-0.4, -0.2) is 18.2 Å². The molecule has 2 nitrogen and oxygen atoms in total. The van der Waals surface area contributed by atoms with E-state index in [1.807, 2.05) is 12.1 Å². The molecule has 0 spiro atoms. The Morgan fingerprint density at radius 3 is 2.72 bits per heavy atom. The number of nitrogens with one attached hydrogen (secondary N) is 1. The molecule has 0 radical (unpaired) electrons. The lowest BCUT2D eigenvalue weighted by molar-refractivity contribution is 0.458. The number of fused-ring (bicyclic) bond motifs is 1. The van der Waals surface area contributed by atoms with Gasteiger partial charge in [-0.25, -0.2) is 0 Å². The van der Waals surface area contributed by atoms with Gasteiger partial charge in [-0.2, -0.15) is 0 Å². The van der Waals surface area contributed by atoms with Gasteiger partial charge in [-0.1, -0.05) is 37.3 Å². The Bertz CT molecular complexity index is 746. The van der Waals surface area contributed by atoms with Crippen molar-refractivity contribution in [3.05, 3.63) is 64.2 Å². The molecule has 0 amide bonds. The van der Waals surface area contributed by atoms with Crippen LogP contribution in [0.25, 0.3) is 0 Å². The van der Waals surface area contributed by atoms with Gasteiger partial charge in [0.25, 0.3) is 0 Å². The topological polar surface area (TPSA) is 32.3 Å². The SMILES string of the molecule is CCc1cc(C[C@@H]2CCc3cccc(O)c32)ccc1C1CCNCC1. The minimum Gasteiger partial charge on any atom is -0.508 e. The molecule has 2 N–H and O–H groups in total. The highest BCUT2D eigenvalue weighted by atomic mass is 16.3. The molecule has 1 heterocycles. The molecule has 2 aliphatic rings. The van der Waals surface area contributed by atoms with Gasteiger partial charge in [0.1, 0.15) is 5.75 Å². The van der Waals surface area contributed by atoms with Crippen LogP contribution in [0.3, 0.4) is 0 Å². The molecule has 1 aliphatic heterocycles. The molecule has 0 bridgehead atoms. The van der Waals surface area contributed by atoms with Crippen molar-refractivity contribution in [2.24, 2.45) is 0 Å². The Labute approximate surface area is 151 Å². The number of aromatic hydroxyl groups is 1. The molecule has 2 heteroatoms. The van der Waals surface area contributed by atoms with E-state index in [1.54, 1.807) is 5.56 Å². The van der Waals surface area contributed by atoms with Crippen LogP contribution in [0, 0.1) is 0 Å². The zero-order chi connectivity index (χ0) is 17.2. The lowest BCUT2D eigenvalue weighted by Crippen LogP contribution is -2.27. The van der Waals surface area contributed by atoms with Crippen molar-refractivity contribution in [1.29, 1.82) is 0 Å². The highest BCUT2D eigenvalue weighted by Crippen LogP contribution is 2.41. The van der Waals surface area contributed by atoms with Gasteiger partial charge in [0.2, 0.25) is 0 Å². The largest absolute Gasteiger partial charge is 0.508 e. The molecule has 1 atom stereocenters. The van der Waals surface area contributed by atoms with E-state index in [0.717, 1.165) is 44.7 Å². The maximum atomic E-state index is 10.3. The van der Waals surface area contributed by atoms with E-state index in [0.29, 0.717) is 11.7 Å². The first kappa shape index (κ1) is 16.7. The van der Waals surface area contributed by atoms with E-state index in [-0.39, 0.29) is 0 Å². The Morgan fingerprint density at radius 1 is 1.08 bits per heavy atom. The lowest BCUT2D eigenvalue weighted by atomic mass is 9.84. The summed E-state index contributed by atoms with van der Waals surface area (Å²) in [7, 11) is 0. The molecule has 2 aromatic carbocycles. The molecular formula is C23H29NO.